The molecule has 1 atom stereocenters. The van der Waals surface area contributed by atoms with E-state index in [9.17, 15) is 4.79 Å². The lowest BCUT2D eigenvalue weighted by Crippen LogP contribution is -2.36. The summed E-state index contributed by atoms with van der Waals surface area (Å²) in [5.74, 6) is 0.127. The Morgan fingerprint density at radius 3 is 3.10 bits per heavy atom. The largest absolute Gasteiger partial charge is 0.361 e. The van der Waals surface area contributed by atoms with Gasteiger partial charge in [0.1, 0.15) is 0 Å². The number of nitrogens with one attached hydrogen (secondary N) is 3. The first-order chi connectivity index (χ1) is 9.83. The summed E-state index contributed by atoms with van der Waals surface area (Å²) in [5.41, 5.74) is 2.17. The van der Waals surface area contributed by atoms with Gasteiger partial charge in [-0.05, 0) is 44.0 Å². The van der Waals surface area contributed by atoms with Crippen molar-refractivity contribution in [2.24, 2.45) is 0 Å². The molecule has 4 heteroatoms. The lowest BCUT2D eigenvalue weighted by atomic mass is 10.1. The van der Waals surface area contributed by atoms with Crippen molar-refractivity contribution < 1.29 is 4.79 Å². The molecule has 1 aliphatic rings. The third kappa shape index (κ3) is 3.02. The van der Waals surface area contributed by atoms with E-state index in [4.69, 9.17) is 0 Å². The fourth-order valence-electron chi connectivity index (χ4n) is 2.89. The lowest BCUT2D eigenvalue weighted by Gasteiger charge is -2.15. The Bertz CT molecular complexity index is 582. The highest BCUT2D eigenvalue weighted by molar-refractivity contribution is 5.88. The van der Waals surface area contributed by atoms with Crippen LogP contribution >= 0.6 is 0 Å². The Labute approximate surface area is 118 Å². The van der Waals surface area contributed by atoms with Gasteiger partial charge in [0.05, 0.1) is 6.42 Å². The van der Waals surface area contributed by atoms with Gasteiger partial charge < -0.3 is 15.6 Å². The predicted octanol–water partition coefficient (Wildman–Crippen LogP) is 1.97. The van der Waals surface area contributed by atoms with E-state index in [1.54, 1.807) is 0 Å². The fraction of sp³-hybridized carbons (Fsp3) is 0.438. The Morgan fingerprint density at radius 2 is 2.15 bits per heavy atom. The van der Waals surface area contributed by atoms with Crippen molar-refractivity contribution in [3.8, 4) is 0 Å². The fourth-order valence-corrected chi connectivity index (χ4v) is 2.89. The molecular formula is C16H21N3O. The van der Waals surface area contributed by atoms with Crippen molar-refractivity contribution in [2.45, 2.75) is 31.7 Å². The number of hydrogen-bond acceptors (Lipinski definition) is 2. The second-order valence-corrected chi connectivity index (χ2v) is 5.48. The number of H-pyrrole nitrogens is 1. The number of hydrogen-bond donors (Lipinski definition) is 3. The molecule has 0 saturated carbocycles. The second kappa shape index (κ2) is 6.09. The summed E-state index contributed by atoms with van der Waals surface area (Å²) in [6.45, 7) is 2.06. The zero-order valence-electron chi connectivity index (χ0n) is 11.6. The summed E-state index contributed by atoms with van der Waals surface area (Å²) in [4.78, 5) is 15.4. The molecule has 2 aromatic rings. The highest BCUT2D eigenvalue weighted by Gasteiger charge is 2.15. The van der Waals surface area contributed by atoms with Crippen LogP contribution in [0.5, 0.6) is 0 Å². The minimum Gasteiger partial charge on any atom is -0.361 e. The second-order valence-electron chi connectivity index (χ2n) is 5.48. The van der Waals surface area contributed by atoms with E-state index in [0.29, 0.717) is 12.5 Å². The van der Waals surface area contributed by atoms with E-state index in [1.165, 1.54) is 0 Å². The van der Waals surface area contributed by atoms with Crippen molar-refractivity contribution >= 4 is 16.8 Å². The number of rotatable bonds is 3. The molecule has 1 aromatic heterocycles. The zero-order valence-corrected chi connectivity index (χ0v) is 11.6. The highest BCUT2D eigenvalue weighted by Crippen LogP contribution is 2.18. The van der Waals surface area contributed by atoms with Gasteiger partial charge in [0.15, 0.2) is 0 Å². The van der Waals surface area contributed by atoms with Crippen LogP contribution in [0.15, 0.2) is 30.5 Å². The van der Waals surface area contributed by atoms with Crippen molar-refractivity contribution in [1.29, 1.82) is 0 Å². The van der Waals surface area contributed by atoms with E-state index >= 15 is 0 Å². The number of carbonyl (C=O) groups is 1. The Kier molecular flexibility index (Phi) is 4.02. The molecule has 1 amide bonds. The van der Waals surface area contributed by atoms with Crippen LogP contribution in [-0.4, -0.2) is 30.0 Å². The molecule has 0 spiro atoms. The minimum absolute atomic E-state index is 0.127. The molecule has 20 heavy (non-hydrogen) atoms. The van der Waals surface area contributed by atoms with Crippen molar-refractivity contribution in [2.75, 3.05) is 13.1 Å². The normalized spacial score (nSPS) is 19.7. The third-order valence-corrected chi connectivity index (χ3v) is 3.97. The standard InChI is InChI=1S/C16H21N3O/c20-16(19-13-4-3-8-17-9-7-13)10-12-11-18-15-6-2-1-5-14(12)15/h1-2,5-6,11,13,17-18H,3-4,7-10H2,(H,19,20). The number of aromatic amines is 1. The van der Waals surface area contributed by atoms with Crippen LogP contribution in [-0.2, 0) is 11.2 Å². The third-order valence-electron chi connectivity index (χ3n) is 3.97. The van der Waals surface area contributed by atoms with Crippen LogP contribution in [0.4, 0.5) is 0 Å². The first-order valence-electron chi connectivity index (χ1n) is 7.38. The molecule has 1 unspecified atom stereocenters. The molecular weight excluding hydrogens is 250 g/mol. The van der Waals surface area contributed by atoms with Gasteiger partial charge in [-0.3, -0.25) is 4.79 Å². The van der Waals surface area contributed by atoms with Crippen LogP contribution in [0.25, 0.3) is 10.9 Å². The van der Waals surface area contributed by atoms with Gasteiger partial charge in [0, 0.05) is 23.1 Å². The Balaban J connectivity index is 1.63. The van der Waals surface area contributed by atoms with E-state index in [2.05, 4.69) is 21.7 Å². The number of benzene rings is 1. The van der Waals surface area contributed by atoms with Gasteiger partial charge in [-0.2, -0.15) is 0 Å². The summed E-state index contributed by atoms with van der Waals surface area (Å²) < 4.78 is 0. The van der Waals surface area contributed by atoms with Gasteiger partial charge in [-0.15, -0.1) is 0 Å². The van der Waals surface area contributed by atoms with Crippen molar-refractivity contribution in [3.05, 3.63) is 36.0 Å². The topological polar surface area (TPSA) is 56.9 Å². The van der Waals surface area contributed by atoms with Crippen LogP contribution in [0.1, 0.15) is 24.8 Å². The molecule has 3 rings (SSSR count). The van der Waals surface area contributed by atoms with Gasteiger partial charge in [0.25, 0.3) is 0 Å². The maximum absolute atomic E-state index is 12.2. The number of amides is 1. The first kappa shape index (κ1) is 13.2. The minimum atomic E-state index is 0.127. The van der Waals surface area contributed by atoms with Gasteiger partial charge in [0.2, 0.25) is 5.91 Å². The summed E-state index contributed by atoms with van der Waals surface area (Å²) in [6.07, 6.45) is 5.64. The molecule has 0 aliphatic carbocycles. The van der Waals surface area contributed by atoms with E-state index < -0.39 is 0 Å². The van der Waals surface area contributed by atoms with Crippen LogP contribution in [0.2, 0.25) is 0 Å². The quantitative estimate of drug-likeness (QED) is 0.799. The molecule has 0 radical (unpaired) electrons. The number of fused-ring (bicyclic) bond motifs is 1. The number of aromatic nitrogens is 1. The molecule has 4 nitrogen and oxygen atoms in total. The van der Waals surface area contributed by atoms with Crippen LogP contribution in [0, 0.1) is 0 Å². The molecule has 1 aliphatic heterocycles. The molecule has 2 heterocycles. The average Bonchev–Trinajstić information content (AvgIpc) is 2.68. The van der Waals surface area contributed by atoms with Gasteiger partial charge in [-0.1, -0.05) is 18.2 Å². The molecule has 0 bridgehead atoms. The maximum atomic E-state index is 12.2. The SMILES string of the molecule is O=C(Cc1c[nH]c2ccccc12)NC1CCCNCC1. The molecule has 106 valence electrons. The molecule has 1 fully saturated rings. The average molecular weight is 271 g/mol. The predicted molar refractivity (Wildman–Crippen MR) is 80.7 cm³/mol. The Hall–Kier alpha value is -1.81. The van der Waals surface area contributed by atoms with Crippen molar-refractivity contribution in [3.63, 3.8) is 0 Å². The lowest BCUT2D eigenvalue weighted by molar-refractivity contribution is -0.121. The van der Waals surface area contributed by atoms with Crippen LogP contribution < -0.4 is 10.6 Å². The molecule has 1 saturated heterocycles. The first-order valence-corrected chi connectivity index (χ1v) is 7.38. The number of para-hydroxylation sites is 1. The smallest absolute Gasteiger partial charge is 0.224 e. The summed E-state index contributed by atoms with van der Waals surface area (Å²) in [7, 11) is 0. The van der Waals surface area contributed by atoms with Gasteiger partial charge in [-0.25, -0.2) is 0 Å². The summed E-state index contributed by atoms with van der Waals surface area (Å²) in [5, 5.41) is 7.68. The number of carbonyl (C=O) groups excluding carboxylic acids is 1. The van der Waals surface area contributed by atoms with Crippen LogP contribution in [0.3, 0.4) is 0 Å². The van der Waals surface area contributed by atoms with E-state index in [0.717, 1.165) is 48.8 Å². The summed E-state index contributed by atoms with van der Waals surface area (Å²) >= 11 is 0. The molecule has 3 N–H and O–H groups in total. The summed E-state index contributed by atoms with van der Waals surface area (Å²) in [6, 6.07) is 8.43. The highest BCUT2D eigenvalue weighted by atomic mass is 16.1. The zero-order chi connectivity index (χ0) is 13.8. The molecule has 1 aromatic carbocycles. The van der Waals surface area contributed by atoms with Crippen molar-refractivity contribution in [1.82, 2.24) is 15.6 Å². The monoisotopic (exact) mass is 271 g/mol. The van der Waals surface area contributed by atoms with E-state index in [1.807, 2.05) is 24.4 Å². The maximum Gasteiger partial charge on any atom is 0.224 e. The Morgan fingerprint density at radius 1 is 1.25 bits per heavy atom. The van der Waals surface area contributed by atoms with Gasteiger partial charge >= 0.3 is 0 Å². The van der Waals surface area contributed by atoms with E-state index in [-0.39, 0.29) is 5.91 Å².